The number of nitrogens with two attached hydrogens (primary N) is 1. The number of ether oxygens (including phenoxy) is 1. The SMILES string of the molecule is Nc1nc2c(c(=O)[nH]1)n(CC(O)c1ccc(Br)cc1)c[n+]2[C@@H]1O[C@H](CO)[C@@H](O)[C@H]1O. The number of aliphatic hydroxyl groups excluding tert-OH is 4. The van der Waals surface area contributed by atoms with E-state index in [0.29, 0.717) is 5.56 Å². The van der Waals surface area contributed by atoms with Crippen molar-refractivity contribution in [2.24, 2.45) is 0 Å². The molecule has 3 heterocycles. The summed E-state index contributed by atoms with van der Waals surface area (Å²) in [5.74, 6) is -0.140. The van der Waals surface area contributed by atoms with Crippen molar-refractivity contribution < 1.29 is 29.7 Å². The number of H-pyrrole nitrogens is 1. The van der Waals surface area contributed by atoms with Crippen molar-refractivity contribution in [1.82, 2.24) is 14.5 Å². The Kier molecular flexibility index (Phi) is 5.61. The van der Waals surface area contributed by atoms with Crippen molar-refractivity contribution in [2.75, 3.05) is 12.3 Å². The maximum absolute atomic E-state index is 12.6. The first kappa shape index (κ1) is 20.9. The molecule has 1 aliphatic heterocycles. The Morgan fingerprint density at radius 3 is 2.63 bits per heavy atom. The fraction of sp³-hybridized carbons (Fsp3) is 0.389. The second kappa shape index (κ2) is 8.06. The van der Waals surface area contributed by atoms with E-state index in [1.54, 1.807) is 24.3 Å². The van der Waals surface area contributed by atoms with Crippen LogP contribution in [0.3, 0.4) is 0 Å². The van der Waals surface area contributed by atoms with Crippen molar-refractivity contribution in [2.45, 2.75) is 37.2 Å². The minimum atomic E-state index is -1.37. The maximum Gasteiger partial charge on any atom is 0.313 e. The van der Waals surface area contributed by atoms with Gasteiger partial charge in [0.05, 0.1) is 13.2 Å². The molecular formula is C18H21BrN5O6+. The third-order valence-electron chi connectivity index (χ3n) is 5.11. The minimum Gasteiger partial charge on any atom is -0.394 e. The third kappa shape index (κ3) is 3.62. The monoisotopic (exact) mass is 482 g/mol. The summed E-state index contributed by atoms with van der Waals surface area (Å²) in [5, 5.41) is 40.5. The van der Waals surface area contributed by atoms with Crippen molar-refractivity contribution >= 4 is 33.0 Å². The maximum atomic E-state index is 12.6. The van der Waals surface area contributed by atoms with Gasteiger partial charge in [-0.15, -0.1) is 0 Å². The number of rotatable bonds is 5. The lowest BCUT2D eigenvalue weighted by molar-refractivity contribution is -0.746. The molecule has 1 aliphatic rings. The Bertz CT molecular complexity index is 1120. The Balaban J connectivity index is 1.77. The van der Waals surface area contributed by atoms with E-state index < -0.39 is 42.8 Å². The summed E-state index contributed by atoms with van der Waals surface area (Å²) >= 11 is 3.34. The first-order chi connectivity index (χ1) is 14.3. The fourth-order valence-corrected chi connectivity index (χ4v) is 3.85. The quantitative estimate of drug-likeness (QED) is 0.243. The van der Waals surface area contributed by atoms with E-state index in [1.165, 1.54) is 15.5 Å². The Hall–Kier alpha value is -2.35. The number of hydrogen-bond acceptors (Lipinski definition) is 8. The fourth-order valence-electron chi connectivity index (χ4n) is 3.58. The molecule has 7 N–H and O–H groups in total. The lowest BCUT2D eigenvalue weighted by Crippen LogP contribution is -2.46. The van der Waals surface area contributed by atoms with Crippen LogP contribution in [0.15, 0.2) is 39.9 Å². The summed E-state index contributed by atoms with van der Waals surface area (Å²) in [6.45, 7) is -0.485. The van der Waals surface area contributed by atoms with E-state index in [0.717, 1.165) is 4.47 Å². The van der Waals surface area contributed by atoms with E-state index in [9.17, 15) is 25.2 Å². The number of hydrogen-bond donors (Lipinski definition) is 6. The molecule has 5 atom stereocenters. The minimum absolute atomic E-state index is 0.00854. The van der Waals surface area contributed by atoms with Gasteiger partial charge >= 0.3 is 5.65 Å². The van der Waals surface area contributed by atoms with Gasteiger partial charge in [-0.2, -0.15) is 0 Å². The molecular weight excluding hydrogens is 462 g/mol. The Morgan fingerprint density at radius 2 is 2.00 bits per heavy atom. The Labute approximate surface area is 178 Å². The summed E-state index contributed by atoms with van der Waals surface area (Å²) in [6.07, 6.45) is -4.29. The van der Waals surface area contributed by atoms with Crippen LogP contribution < -0.4 is 15.9 Å². The number of anilines is 1. The second-order valence-corrected chi connectivity index (χ2v) is 8.01. The largest absolute Gasteiger partial charge is 0.394 e. The molecule has 2 aromatic heterocycles. The van der Waals surface area contributed by atoms with Gasteiger partial charge in [0.2, 0.25) is 11.7 Å². The number of aromatic nitrogens is 4. The summed E-state index contributed by atoms with van der Waals surface area (Å²) in [7, 11) is 0. The van der Waals surface area contributed by atoms with Gasteiger partial charge < -0.3 is 30.9 Å². The molecule has 3 aromatic rings. The first-order valence-corrected chi connectivity index (χ1v) is 9.95. The average Bonchev–Trinajstić information content (AvgIpc) is 3.20. The van der Waals surface area contributed by atoms with E-state index >= 15 is 0 Å². The average molecular weight is 483 g/mol. The highest BCUT2D eigenvalue weighted by atomic mass is 79.9. The standard InChI is InChI=1S/C18H20BrN5O6/c19-9-3-1-8(2-4-9)10(26)5-23-7-24(15-12(23)16(29)22-18(20)21-15)17-14(28)13(27)11(6-25)30-17/h1-4,7,10-11,13-14,17,25-28H,5-6H2,(H2-,20,21,22,29)/p+1/t10?,11-,13-,14-,17-/m1/s1. The number of fused-ring (bicyclic) bond motifs is 1. The lowest BCUT2D eigenvalue weighted by atomic mass is 10.1. The van der Waals surface area contributed by atoms with Crippen LogP contribution in [-0.2, 0) is 11.3 Å². The molecule has 0 amide bonds. The molecule has 1 fully saturated rings. The molecule has 160 valence electrons. The molecule has 1 aromatic carbocycles. The van der Waals surface area contributed by atoms with Crippen LogP contribution in [0.4, 0.5) is 5.95 Å². The number of aliphatic hydroxyl groups is 4. The van der Waals surface area contributed by atoms with E-state index in [1.807, 2.05) is 0 Å². The van der Waals surface area contributed by atoms with Gasteiger partial charge in [-0.25, -0.2) is 4.57 Å². The van der Waals surface area contributed by atoms with Crippen LogP contribution in [0.25, 0.3) is 11.2 Å². The van der Waals surface area contributed by atoms with Crippen LogP contribution >= 0.6 is 15.9 Å². The summed E-state index contributed by atoms with van der Waals surface area (Å²) in [5.41, 5.74) is 6.00. The highest BCUT2D eigenvalue weighted by Gasteiger charge is 2.46. The molecule has 0 radical (unpaired) electrons. The van der Waals surface area contributed by atoms with Gasteiger partial charge in [-0.05, 0) is 17.7 Å². The van der Waals surface area contributed by atoms with Gasteiger partial charge in [0.15, 0.2) is 6.33 Å². The number of nitrogen functional groups attached to an aromatic ring is 1. The van der Waals surface area contributed by atoms with Crippen LogP contribution in [-0.4, -0.2) is 59.9 Å². The van der Waals surface area contributed by atoms with Crippen molar-refractivity contribution in [3.05, 3.63) is 51.0 Å². The van der Waals surface area contributed by atoms with Gasteiger partial charge in [-0.3, -0.25) is 14.3 Å². The predicted molar refractivity (Wildman–Crippen MR) is 107 cm³/mol. The number of nitrogens with one attached hydrogen (secondary N) is 1. The number of benzene rings is 1. The summed E-state index contributed by atoms with van der Waals surface area (Å²) < 4.78 is 9.26. The van der Waals surface area contributed by atoms with E-state index in [2.05, 4.69) is 25.9 Å². The predicted octanol–water partition coefficient (Wildman–Crippen LogP) is -1.30. The molecule has 1 unspecified atom stereocenters. The van der Waals surface area contributed by atoms with Crippen LogP contribution in [0, 0.1) is 0 Å². The second-order valence-electron chi connectivity index (χ2n) is 7.09. The zero-order valence-corrected chi connectivity index (χ0v) is 17.2. The van der Waals surface area contributed by atoms with Crippen LogP contribution in [0.1, 0.15) is 17.9 Å². The number of aromatic amines is 1. The highest BCUT2D eigenvalue weighted by Crippen LogP contribution is 2.27. The molecule has 4 rings (SSSR count). The molecule has 0 aliphatic carbocycles. The zero-order valence-electron chi connectivity index (χ0n) is 15.6. The molecule has 0 bridgehead atoms. The summed E-state index contributed by atoms with van der Waals surface area (Å²) in [6, 6.07) is 7.09. The number of halogens is 1. The topological polar surface area (TPSA) is 171 Å². The zero-order chi connectivity index (χ0) is 21.6. The van der Waals surface area contributed by atoms with Crippen molar-refractivity contribution in [3.63, 3.8) is 0 Å². The molecule has 30 heavy (non-hydrogen) atoms. The normalized spacial score (nSPS) is 25.1. The van der Waals surface area contributed by atoms with Gasteiger partial charge in [0.1, 0.15) is 24.4 Å². The van der Waals surface area contributed by atoms with Gasteiger partial charge in [0.25, 0.3) is 11.5 Å². The smallest absolute Gasteiger partial charge is 0.313 e. The lowest BCUT2D eigenvalue weighted by Gasteiger charge is -2.12. The van der Waals surface area contributed by atoms with Crippen LogP contribution in [0.5, 0.6) is 0 Å². The Morgan fingerprint density at radius 1 is 1.30 bits per heavy atom. The first-order valence-electron chi connectivity index (χ1n) is 9.16. The summed E-state index contributed by atoms with van der Waals surface area (Å²) in [4.78, 5) is 19.1. The van der Waals surface area contributed by atoms with Crippen molar-refractivity contribution in [3.8, 4) is 0 Å². The number of imidazole rings is 1. The van der Waals surface area contributed by atoms with Gasteiger partial charge in [0, 0.05) is 4.47 Å². The van der Waals surface area contributed by atoms with Crippen molar-refractivity contribution in [1.29, 1.82) is 0 Å². The molecule has 12 heteroatoms. The van der Waals surface area contributed by atoms with E-state index in [-0.39, 0.29) is 23.7 Å². The van der Waals surface area contributed by atoms with Crippen LogP contribution in [0.2, 0.25) is 0 Å². The molecule has 11 nitrogen and oxygen atoms in total. The van der Waals surface area contributed by atoms with Gasteiger partial charge in [-0.1, -0.05) is 33.0 Å². The molecule has 0 saturated carbocycles. The molecule has 0 spiro atoms. The number of nitrogens with zero attached hydrogens (tertiary/aromatic N) is 3. The molecule has 1 saturated heterocycles. The highest BCUT2D eigenvalue weighted by molar-refractivity contribution is 9.10. The third-order valence-corrected chi connectivity index (χ3v) is 5.63. The van der Waals surface area contributed by atoms with E-state index in [4.69, 9.17) is 10.5 Å².